The van der Waals surface area contributed by atoms with Crippen molar-refractivity contribution in [1.82, 2.24) is 14.7 Å². The van der Waals surface area contributed by atoms with Crippen LogP contribution in [-0.4, -0.2) is 71.8 Å². The van der Waals surface area contributed by atoms with Crippen molar-refractivity contribution in [2.75, 3.05) is 39.3 Å². The maximum Gasteiger partial charge on any atom is 0.247 e. The van der Waals surface area contributed by atoms with Crippen molar-refractivity contribution in [2.24, 2.45) is 0 Å². The minimum Gasteiger partial charge on any atom is -0.339 e. The van der Waals surface area contributed by atoms with Crippen molar-refractivity contribution in [2.45, 2.75) is 32.2 Å². The maximum atomic E-state index is 12.7. The van der Waals surface area contributed by atoms with E-state index in [-0.39, 0.29) is 11.8 Å². The standard InChI is InChI=1S/C21H28ClN3O2/c1-17-21(27)24(13-5-12-23-10-2-3-11-23)14-15-25(17)20(26)9-8-18-6-4-7-19(22)16-18/h4,6-9,16-17H,2-3,5,10-15H2,1H3. The van der Waals surface area contributed by atoms with E-state index >= 15 is 0 Å². The quantitative estimate of drug-likeness (QED) is 0.703. The largest absolute Gasteiger partial charge is 0.339 e. The molecule has 2 heterocycles. The number of halogens is 1. The molecule has 1 atom stereocenters. The topological polar surface area (TPSA) is 43.9 Å². The molecule has 2 saturated heterocycles. The third kappa shape index (κ3) is 5.33. The van der Waals surface area contributed by atoms with Crippen LogP contribution >= 0.6 is 11.6 Å². The summed E-state index contributed by atoms with van der Waals surface area (Å²) in [5.74, 6) is -0.0836. The fraction of sp³-hybridized carbons (Fsp3) is 0.524. The molecule has 0 aromatic heterocycles. The average molecular weight is 390 g/mol. The zero-order chi connectivity index (χ0) is 19.2. The minimum atomic E-state index is -0.415. The van der Waals surface area contributed by atoms with E-state index in [1.165, 1.54) is 32.0 Å². The lowest BCUT2D eigenvalue weighted by Crippen LogP contribution is -2.57. The number of rotatable bonds is 6. The van der Waals surface area contributed by atoms with E-state index in [0.717, 1.165) is 25.1 Å². The highest BCUT2D eigenvalue weighted by molar-refractivity contribution is 6.30. The van der Waals surface area contributed by atoms with Crippen LogP contribution in [0.2, 0.25) is 5.02 Å². The first-order valence-corrected chi connectivity index (χ1v) is 10.2. The van der Waals surface area contributed by atoms with Crippen LogP contribution < -0.4 is 0 Å². The van der Waals surface area contributed by atoms with Gasteiger partial charge in [0.25, 0.3) is 0 Å². The minimum absolute atomic E-state index is 0.0483. The second-order valence-corrected chi connectivity index (χ2v) is 7.76. The van der Waals surface area contributed by atoms with Gasteiger partial charge in [0.1, 0.15) is 6.04 Å². The molecule has 1 aromatic carbocycles. The Bertz CT molecular complexity index is 700. The number of piperazine rings is 1. The summed E-state index contributed by atoms with van der Waals surface area (Å²) < 4.78 is 0. The lowest BCUT2D eigenvalue weighted by Gasteiger charge is -2.39. The van der Waals surface area contributed by atoms with Crippen molar-refractivity contribution < 1.29 is 9.59 Å². The third-order valence-electron chi connectivity index (χ3n) is 5.40. The highest BCUT2D eigenvalue weighted by Gasteiger charge is 2.33. The molecule has 1 unspecified atom stereocenters. The Kier molecular flexibility index (Phi) is 6.91. The summed E-state index contributed by atoms with van der Waals surface area (Å²) in [6.07, 6.45) is 6.85. The van der Waals surface area contributed by atoms with Gasteiger partial charge < -0.3 is 14.7 Å². The number of benzene rings is 1. The summed E-state index contributed by atoms with van der Waals surface area (Å²) in [5, 5.41) is 0.635. The highest BCUT2D eigenvalue weighted by Crippen LogP contribution is 2.15. The fourth-order valence-corrected chi connectivity index (χ4v) is 4.02. The number of carbonyl (C=O) groups is 2. The van der Waals surface area contributed by atoms with E-state index < -0.39 is 6.04 Å². The SMILES string of the molecule is CC1C(=O)N(CCCN2CCCC2)CCN1C(=O)C=Cc1cccc(Cl)c1. The first kappa shape index (κ1) is 19.9. The molecule has 0 bridgehead atoms. The zero-order valence-corrected chi connectivity index (χ0v) is 16.7. The molecule has 2 aliphatic heterocycles. The Labute approximate surface area is 166 Å². The molecule has 146 valence electrons. The van der Waals surface area contributed by atoms with Gasteiger partial charge in [-0.2, -0.15) is 0 Å². The van der Waals surface area contributed by atoms with Gasteiger partial charge >= 0.3 is 0 Å². The van der Waals surface area contributed by atoms with E-state index in [1.54, 1.807) is 23.1 Å². The third-order valence-corrected chi connectivity index (χ3v) is 5.63. The molecular weight excluding hydrogens is 362 g/mol. The molecule has 1 aromatic rings. The van der Waals surface area contributed by atoms with Crippen molar-refractivity contribution in [3.05, 3.63) is 40.9 Å². The summed E-state index contributed by atoms with van der Waals surface area (Å²) >= 11 is 5.97. The number of carbonyl (C=O) groups excluding carboxylic acids is 2. The van der Waals surface area contributed by atoms with Crippen LogP contribution in [0.5, 0.6) is 0 Å². The normalized spacial score (nSPS) is 21.4. The number of amides is 2. The molecule has 27 heavy (non-hydrogen) atoms. The summed E-state index contributed by atoms with van der Waals surface area (Å²) in [7, 11) is 0. The van der Waals surface area contributed by atoms with Gasteiger partial charge in [0.2, 0.25) is 11.8 Å². The van der Waals surface area contributed by atoms with Crippen molar-refractivity contribution >= 4 is 29.5 Å². The molecule has 0 aliphatic carbocycles. The van der Waals surface area contributed by atoms with Gasteiger partial charge in [-0.25, -0.2) is 0 Å². The molecule has 2 amide bonds. The number of nitrogens with zero attached hydrogens (tertiary/aromatic N) is 3. The molecule has 0 spiro atoms. The first-order valence-electron chi connectivity index (χ1n) is 9.80. The van der Waals surface area contributed by atoms with Crippen LogP contribution in [-0.2, 0) is 9.59 Å². The van der Waals surface area contributed by atoms with E-state index in [0.29, 0.717) is 18.1 Å². The van der Waals surface area contributed by atoms with Crippen LogP contribution in [0.25, 0.3) is 6.08 Å². The Morgan fingerprint density at radius 2 is 1.96 bits per heavy atom. The summed E-state index contributed by atoms with van der Waals surface area (Å²) in [4.78, 5) is 31.2. The van der Waals surface area contributed by atoms with E-state index in [4.69, 9.17) is 11.6 Å². The zero-order valence-electron chi connectivity index (χ0n) is 15.9. The summed E-state index contributed by atoms with van der Waals surface area (Å²) in [5.41, 5.74) is 0.871. The Morgan fingerprint density at radius 1 is 1.19 bits per heavy atom. The molecule has 2 aliphatic rings. The smallest absolute Gasteiger partial charge is 0.247 e. The van der Waals surface area contributed by atoms with Crippen LogP contribution in [0.15, 0.2) is 30.3 Å². The van der Waals surface area contributed by atoms with Crippen LogP contribution in [0.1, 0.15) is 31.7 Å². The lowest BCUT2D eigenvalue weighted by atomic mass is 10.1. The number of likely N-dealkylation sites (tertiary alicyclic amines) is 1. The molecule has 0 radical (unpaired) electrons. The molecule has 0 saturated carbocycles. The second kappa shape index (κ2) is 9.38. The highest BCUT2D eigenvalue weighted by atomic mass is 35.5. The van der Waals surface area contributed by atoms with Gasteiger partial charge in [-0.05, 0) is 69.6 Å². The van der Waals surface area contributed by atoms with Crippen molar-refractivity contribution in [3.63, 3.8) is 0 Å². The number of hydrogen-bond donors (Lipinski definition) is 0. The molecule has 0 N–H and O–H groups in total. The Balaban J connectivity index is 1.50. The van der Waals surface area contributed by atoms with E-state index in [1.807, 2.05) is 24.0 Å². The van der Waals surface area contributed by atoms with Gasteiger partial charge in [0.15, 0.2) is 0 Å². The second-order valence-electron chi connectivity index (χ2n) is 7.32. The van der Waals surface area contributed by atoms with Gasteiger partial charge in [0, 0.05) is 30.7 Å². The van der Waals surface area contributed by atoms with Crippen molar-refractivity contribution in [3.8, 4) is 0 Å². The maximum absolute atomic E-state index is 12.7. The first-order chi connectivity index (χ1) is 13.0. The monoisotopic (exact) mass is 389 g/mol. The molecule has 6 heteroatoms. The van der Waals surface area contributed by atoms with Gasteiger partial charge in [-0.1, -0.05) is 23.7 Å². The fourth-order valence-electron chi connectivity index (χ4n) is 3.82. The van der Waals surface area contributed by atoms with Crippen LogP contribution in [0, 0.1) is 0 Å². The van der Waals surface area contributed by atoms with E-state index in [9.17, 15) is 9.59 Å². The number of hydrogen-bond acceptors (Lipinski definition) is 3. The van der Waals surface area contributed by atoms with Gasteiger partial charge in [-0.3, -0.25) is 9.59 Å². The molecule has 3 rings (SSSR count). The average Bonchev–Trinajstić information content (AvgIpc) is 3.17. The predicted octanol–water partition coefficient (Wildman–Crippen LogP) is 2.90. The molecule has 2 fully saturated rings. The molecular formula is C21H28ClN3O2. The summed E-state index contributed by atoms with van der Waals surface area (Å²) in [6, 6.07) is 6.92. The van der Waals surface area contributed by atoms with E-state index in [2.05, 4.69) is 4.90 Å². The lowest BCUT2D eigenvalue weighted by molar-refractivity contribution is -0.148. The molecule has 5 nitrogen and oxygen atoms in total. The van der Waals surface area contributed by atoms with Crippen molar-refractivity contribution in [1.29, 1.82) is 0 Å². The van der Waals surface area contributed by atoms with Crippen LogP contribution in [0.4, 0.5) is 0 Å². The van der Waals surface area contributed by atoms with Gasteiger partial charge in [0.05, 0.1) is 0 Å². The predicted molar refractivity (Wildman–Crippen MR) is 109 cm³/mol. The van der Waals surface area contributed by atoms with Crippen LogP contribution in [0.3, 0.4) is 0 Å². The summed E-state index contributed by atoms with van der Waals surface area (Å²) in [6.45, 7) is 7.22. The Morgan fingerprint density at radius 3 is 2.70 bits per heavy atom. The van der Waals surface area contributed by atoms with Gasteiger partial charge in [-0.15, -0.1) is 0 Å². The Hall–Kier alpha value is -1.85.